The molecule has 6 heteroatoms. The van der Waals surface area contributed by atoms with E-state index < -0.39 is 5.97 Å². The van der Waals surface area contributed by atoms with Crippen LogP contribution in [-0.4, -0.2) is 48.2 Å². The molecule has 1 N–H and O–H groups in total. The maximum atomic E-state index is 12.2. The number of amides is 1. The number of piperidine rings is 1. The predicted octanol–water partition coefficient (Wildman–Crippen LogP) is 1.47. The minimum absolute atomic E-state index is 0.00612. The van der Waals surface area contributed by atoms with Gasteiger partial charge < -0.3 is 19.2 Å². The summed E-state index contributed by atoms with van der Waals surface area (Å²) in [6.45, 7) is 3.22. The van der Waals surface area contributed by atoms with Gasteiger partial charge in [-0.25, -0.2) is 4.79 Å². The molecule has 1 amide bonds. The molecule has 0 bridgehead atoms. The van der Waals surface area contributed by atoms with Crippen LogP contribution in [0.25, 0.3) is 0 Å². The highest BCUT2D eigenvalue weighted by Crippen LogP contribution is 2.21. The number of hydrogen-bond acceptors (Lipinski definition) is 4. The Kier molecular flexibility index (Phi) is 3.90. The van der Waals surface area contributed by atoms with Gasteiger partial charge in [0, 0.05) is 20.2 Å². The SMILES string of the molecule is COC1CN(C(=O)c2ccc(C(=O)O)o2)CCC1C. The second-order valence-corrected chi connectivity index (χ2v) is 4.76. The lowest BCUT2D eigenvalue weighted by molar-refractivity contribution is -0.00267. The lowest BCUT2D eigenvalue weighted by Gasteiger charge is -2.35. The van der Waals surface area contributed by atoms with E-state index in [2.05, 4.69) is 6.92 Å². The molecule has 1 fully saturated rings. The summed E-state index contributed by atoms with van der Waals surface area (Å²) in [7, 11) is 1.63. The lowest BCUT2D eigenvalue weighted by Crippen LogP contribution is -2.46. The lowest BCUT2D eigenvalue weighted by atomic mass is 9.95. The highest BCUT2D eigenvalue weighted by Gasteiger charge is 2.30. The summed E-state index contributed by atoms with van der Waals surface area (Å²) in [5.41, 5.74) is 0. The molecule has 0 saturated carbocycles. The Morgan fingerprint density at radius 2 is 2.11 bits per heavy atom. The van der Waals surface area contributed by atoms with Crippen LogP contribution in [0.3, 0.4) is 0 Å². The number of nitrogens with zero attached hydrogens (tertiary/aromatic N) is 1. The molecular weight excluding hydrogens is 250 g/mol. The van der Waals surface area contributed by atoms with E-state index in [0.29, 0.717) is 19.0 Å². The van der Waals surface area contributed by atoms with Crippen molar-refractivity contribution in [2.24, 2.45) is 5.92 Å². The van der Waals surface area contributed by atoms with Crippen LogP contribution >= 0.6 is 0 Å². The fourth-order valence-electron chi connectivity index (χ4n) is 2.25. The van der Waals surface area contributed by atoms with E-state index in [-0.39, 0.29) is 23.5 Å². The van der Waals surface area contributed by atoms with E-state index in [1.54, 1.807) is 12.0 Å². The number of likely N-dealkylation sites (tertiary alicyclic amines) is 1. The van der Waals surface area contributed by atoms with Crippen LogP contribution < -0.4 is 0 Å². The molecule has 0 spiro atoms. The predicted molar refractivity (Wildman–Crippen MR) is 66.1 cm³/mol. The van der Waals surface area contributed by atoms with Crippen molar-refractivity contribution in [1.29, 1.82) is 0 Å². The smallest absolute Gasteiger partial charge is 0.371 e. The van der Waals surface area contributed by atoms with E-state index >= 15 is 0 Å². The molecule has 1 aliphatic rings. The zero-order valence-corrected chi connectivity index (χ0v) is 11.0. The first-order valence-electron chi connectivity index (χ1n) is 6.18. The molecule has 19 heavy (non-hydrogen) atoms. The number of furan rings is 1. The van der Waals surface area contributed by atoms with Crippen LogP contribution in [0.4, 0.5) is 0 Å². The van der Waals surface area contributed by atoms with Gasteiger partial charge in [-0.3, -0.25) is 4.79 Å². The quantitative estimate of drug-likeness (QED) is 0.897. The molecule has 2 rings (SSSR count). The normalized spacial score (nSPS) is 23.4. The van der Waals surface area contributed by atoms with Crippen molar-refractivity contribution in [3.8, 4) is 0 Å². The first-order valence-corrected chi connectivity index (χ1v) is 6.18. The number of carbonyl (C=O) groups is 2. The van der Waals surface area contributed by atoms with Crippen LogP contribution in [-0.2, 0) is 4.74 Å². The number of methoxy groups -OCH3 is 1. The van der Waals surface area contributed by atoms with Crippen molar-refractivity contribution in [1.82, 2.24) is 4.90 Å². The number of aromatic carboxylic acids is 1. The largest absolute Gasteiger partial charge is 0.475 e. The van der Waals surface area contributed by atoms with Crippen molar-refractivity contribution in [3.05, 3.63) is 23.7 Å². The minimum Gasteiger partial charge on any atom is -0.475 e. The number of carbonyl (C=O) groups excluding carboxylic acids is 1. The van der Waals surface area contributed by atoms with Gasteiger partial charge in [-0.1, -0.05) is 6.92 Å². The standard InChI is InChI=1S/C13H17NO5/c1-8-5-6-14(7-11(8)18-2)12(15)9-3-4-10(19-9)13(16)17/h3-4,8,11H,5-7H2,1-2H3,(H,16,17). The molecule has 1 aromatic heterocycles. The summed E-state index contributed by atoms with van der Waals surface area (Å²) in [6.07, 6.45) is 0.864. The third kappa shape index (κ3) is 2.78. The molecule has 0 aromatic carbocycles. The molecular formula is C13H17NO5. The van der Waals surface area contributed by atoms with Gasteiger partial charge in [0.25, 0.3) is 5.91 Å². The second kappa shape index (κ2) is 5.44. The molecule has 2 heterocycles. The molecule has 104 valence electrons. The van der Waals surface area contributed by atoms with Crippen LogP contribution in [0, 0.1) is 5.92 Å². The molecule has 1 aliphatic heterocycles. The van der Waals surface area contributed by atoms with Crippen LogP contribution in [0.1, 0.15) is 34.5 Å². The average Bonchev–Trinajstić information content (AvgIpc) is 2.88. The number of ether oxygens (including phenoxy) is 1. The van der Waals surface area contributed by atoms with Crippen molar-refractivity contribution in [2.75, 3.05) is 20.2 Å². The zero-order valence-electron chi connectivity index (χ0n) is 11.0. The van der Waals surface area contributed by atoms with E-state index in [0.717, 1.165) is 6.42 Å². The van der Waals surface area contributed by atoms with Gasteiger partial charge >= 0.3 is 5.97 Å². The van der Waals surface area contributed by atoms with Crippen molar-refractivity contribution >= 4 is 11.9 Å². The van der Waals surface area contributed by atoms with Gasteiger partial charge in [0.2, 0.25) is 5.76 Å². The maximum Gasteiger partial charge on any atom is 0.371 e. The third-order valence-electron chi connectivity index (χ3n) is 3.51. The molecule has 6 nitrogen and oxygen atoms in total. The molecule has 2 unspecified atom stereocenters. The van der Waals surface area contributed by atoms with Crippen LogP contribution in [0.2, 0.25) is 0 Å². The van der Waals surface area contributed by atoms with Crippen LogP contribution in [0.5, 0.6) is 0 Å². The second-order valence-electron chi connectivity index (χ2n) is 4.76. The Balaban J connectivity index is 2.08. The Bertz CT molecular complexity index is 481. The summed E-state index contributed by atoms with van der Waals surface area (Å²) in [5, 5.41) is 8.77. The monoisotopic (exact) mass is 267 g/mol. The number of carboxylic acid groups (broad SMARTS) is 1. The molecule has 0 radical (unpaired) electrons. The summed E-state index contributed by atoms with van der Waals surface area (Å²) in [5.74, 6) is -1.23. The molecule has 2 atom stereocenters. The maximum absolute atomic E-state index is 12.2. The summed E-state index contributed by atoms with van der Waals surface area (Å²) >= 11 is 0. The summed E-state index contributed by atoms with van der Waals surface area (Å²) in [6, 6.07) is 2.68. The summed E-state index contributed by atoms with van der Waals surface area (Å²) < 4.78 is 10.4. The highest BCUT2D eigenvalue weighted by molar-refractivity contribution is 5.93. The van der Waals surface area contributed by atoms with Gasteiger partial charge in [-0.2, -0.15) is 0 Å². The fraction of sp³-hybridized carbons (Fsp3) is 0.538. The van der Waals surface area contributed by atoms with Crippen molar-refractivity contribution in [2.45, 2.75) is 19.4 Å². The van der Waals surface area contributed by atoms with Gasteiger partial charge in [0.1, 0.15) is 0 Å². The Morgan fingerprint density at radius 1 is 1.42 bits per heavy atom. The topological polar surface area (TPSA) is 80.0 Å². The average molecular weight is 267 g/mol. The van der Waals surface area contributed by atoms with E-state index in [1.807, 2.05) is 0 Å². The van der Waals surface area contributed by atoms with Gasteiger partial charge in [0.15, 0.2) is 5.76 Å². The van der Waals surface area contributed by atoms with Gasteiger partial charge in [-0.05, 0) is 24.5 Å². The number of rotatable bonds is 3. The van der Waals surface area contributed by atoms with E-state index in [9.17, 15) is 9.59 Å². The Morgan fingerprint density at radius 3 is 2.68 bits per heavy atom. The van der Waals surface area contributed by atoms with Gasteiger partial charge in [-0.15, -0.1) is 0 Å². The third-order valence-corrected chi connectivity index (χ3v) is 3.51. The zero-order chi connectivity index (χ0) is 14.0. The van der Waals surface area contributed by atoms with Gasteiger partial charge in [0.05, 0.1) is 6.10 Å². The first kappa shape index (κ1) is 13.6. The first-order chi connectivity index (χ1) is 9.02. The fourth-order valence-corrected chi connectivity index (χ4v) is 2.25. The Hall–Kier alpha value is -1.82. The highest BCUT2D eigenvalue weighted by atomic mass is 16.5. The van der Waals surface area contributed by atoms with E-state index in [1.165, 1.54) is 12.1 Å². The molecule has 0 aliphatic carbocycles. The minimum atomic E-state index is -1.18. The number of carboxylic acids is 1. The molecule has 1 aromatic rings. The van der Waals surface area contributed by atoms with Crippen molar-refractivity contribution < 1.29 is 23.8 Å². The Labute approximate surface area is 110 Å². The van der Waals surface area contributed by atoms with Crippen molar-refractivity contribution in [3.63, 3.8) is 0 Å². The molecule has 1 saturated heterocycles. The van der Waals surface area contributed by atoms with Crippen LogP contribution in [0.15, 0.2) is 16.5 Å². The summed E-state index contributed by atoms with van der Waals surface area (Å²) in [4.78, 5) is 24.5. The van der Waals surface area contributed by atoms with E-state index in [4.69, 9.17) is 14.3 Å². The number of hydrogen-bond donors (Lipinski definition) is 1.